The van der Waals surface area contributed by atoms with E-state index in [0.29, 0.717) is 19.4 Å². The Morgan fingerprint density at radius 2 is 0.618 bits per heavy atom. The zero-order valence-electron chi connectivity index (χ0n) is 51.5. The van der Waals surface area contributed by atoms with Crippen LogP contribution in [0.5, 0.6) is 0 Å². The van der Waals surface area contributed by atoms with Gasteiger partial charge in [-0.25, -0.2) is 0 Å². The van der Waals surface area contributed by atoms with Crippen molar-refractivity contribution >= 4 is 11.9 Å². The maximum absolute atomic E-state index is 12.5. The van der Waals surface area contributed by atoms with Crippen LogP contribution in [-0.2, 0) is 14.3 Å². The van der Waals surface area contributed by atoms with Crippen LogP contribution in [0, 0.1) is 0 Å². The Kier molecular flexibility index (Phi) is 64.4. The Labute approximate surface area is 475 Å². The maximum Gasteiger partial charge on any atom is 0.305 e. The fourth-order valence-electron chi connectivity index (χ4n) is 10.9. The number of ether oxygens (including phenoxy) is 1. The van der Waals surface area contributed by atoms with Crippen molar-refractivity contribution < 1.29 is 24.5 Å². The average molecular weight is 1070 g/mol. The predicted molar refractivity (Wildman–Crippen MR) is 333 cm³/mol. The van der Waals surface area contributed by atoms with E-state index < -0.39 is 12.1 Å². The summed E-state index contributed by atoms with van der Waals surface area (Å²) < 4.78 is 5.50. The number of aliphatic hydroxyl groups is 2. The van der Waals surface area contributed by atoms with Gasteiger partial charge in [0.1, 0.15) is 0 Å². The van der Waals surface area contributed by atoms with Gasteiger partial charge < -0.3 is 20.3 Å². The topological polar surface area (TPSA) is 95.9 Å². The van der Waals surface area contributed by atoms with Gasteiger partial charge in [0.15, 0.2) is 0 Å². The lowest BCUT2D eigenvalue weighted by molar-refractivity contribution is -0.143. The number of rotatable bonds is 65. The number of esters is 1. The Morgan fingerprint density at radius 3 is 0.934 bits per heavy atom. The Hall–Kier alpha value is -1.66. The molecule has 450 valence electrons. The molecule has 0 aromatic carbocycles. The summed E-state index contributed by atoms with van der Waals surface area (Å²) >= 11 is 0. The van der Waals surface area contributed by atoms with Gasteiger partial charge in [0.05, 0.1) is 25.4 Å². The van der Waals surface area contributed by atoms with Gasteiger partial charge in [-0.3, -0.25) is 9.59 Å². The van der Waals surface area contributed by atoms with Crippen molar-refractivity contribution in [2.24, 2.45) is 0 Å². The van der Waals surface area contributed by atoms with Crippen LogP contribution in [0.3, 0.4) is 0 Å². The molecule has 0 rings (SSSR count). The van der Waals surface area contributed by atoms with Gasteiger partial charge in [0, 0.05) is 12.8 Å². The van der Waals surface area contributed by atoms with Crippen LogP contribution in [0.15, 0.2) is 24.3 Å². The number of hydrogen-bond acceptors (Lipinski definition) is 5. The predicted octanol–water partition coefficient (Wildman–Crippen LogP) is 22.1. The highest BCUT2D eigenvalue weighted by atomic mass is 16.5. The number of allylic oxidation sites excluding steroid dienone is 3. The summed E-state index contributed by atoms with van der Waals surface area (Å²) in [5, 5.41) is 23.2. The van der Waals surface area contributed by atoms with E-state index in [0.717, 1.165) is 57.8 Å². The highest BCUT2D eigenvalue weighted by Gasteiger charge is 2.18. The molecular formula is C70H135NO5. The molecule has 76 heavy (non-hydrogen) atoms. The first-order chi connectivity index (χ1) is 37.5. The SMILES string of the molecule is CCCCCCCCCCCCCCCCCCCCCCC/C=C/C(O)C(CO)NC(=O)CCCCCCCCC/C=C\CCCCCCCCOC(=O)CCCCCCCCCCCCCCCCCCCCC. The van der Waals surface area contributed by atoms with Gasteiger partial charge in [-0.1, -0.05) is 340 Å². The first-order valence-electron chi connectivity index (χ1n) is 34.6. The molecule has 6 heteroatoms. The molecule has 1 amide bonds. The van der Waals surface area contributed by atoms with E-state index in [4.69, 9.17) is 4.74 Å². The lowest BCUT2D eigenvalue weighted by Crippen LogP contribution is -2.45. The summed E-state index contributed by atoms with van der Waals surface area (Å²) in [6, 6.07) is -0.638. The number of amides is 1. The Morgan fingerprint density at radius 1 is 0.355 bits per heavy atom. The second-order valence-corrected chi connectivity index (χ2v) is 23.9. The smallest absolute Gasteiger partial charge is 0.305 e. The largest absolute Gasteiger partial charge is 0.466 e. The Bertz CT molecular complexity index is 1190. The zero-order valence-corrected chi connectivity index (χ0v) is 51.5. The van der Waals surface area contributed by atoms with E-state index in [1.807, 2.05) is 6.08 Å². The second kappa shape index (κ2) is 65.9. The molecule has 0 aliphatic rings. The minimum Gasteiger partial charge on any atom is -0.466 e. The normalized spacial score (nSPS) is 12.6. The molecule has 0 fully saturated rings. The number of unbranched alkanes of at least 4 members (excludes halogenated alkanes) is 52. The number of hydrogen-bond donors (Lipinski definition) is 3. The van der Waals surface area contributed by atoms with Crippen LogP contribution in [-0.4, -0.2) is 47.4 Å². The van der Waals surface area contributed by atoms with Crippen molar-refractivity contribution in [3.63, 3.8) is 0 Å². The molecule has 0 aliphatic heterocycles. The summed E-state index contributed by atoms with van der Waals surface area (Å²) in [6.45, 7) is 4.93. The van der Waals surface area contributed by atoms with Gasteiger partial charge in [-0.15, -0.1) is 0 Å². The van der Waals surface area contributed by atoms with Crippen molar-refractivity contribution in [2.45, 2.75) is 398 Å². The van der Waals surface area contributed by atoms with Crippen LogP contribution in [0.4, 0.5) is 0 Å². The average Bonchev–Trinajstić information content (AvgIpc) is 3.42. The molecule has 0 bridgehead atoms. The van der Waals surface area contributed by atoms with E-state index in [2.05, 4.69) is 31.3 Å². The van der Waals surface area contributed by atoms with Gasteiger partial charge in [0.25, 0.3) is 0 Å². The Balaban J connectivity index is 3.45. The molecule has 0 radical (unpaired) electrons. The monoisotopic (exact) mass is 1070 g/mol. The summed E-state index contributed by atoms with van der Waals surface area (Å²) in [5.41, 5.74) is 0. The molecule has 2 atom stereocenters. The van der Waals surface area contributed by atoms with E-state index in [1.165, 1.54) is 302 Å². The molecule has 6 nitrogen and oxygen atoms in total. The highest BCUT2D eigenvalue weighted by molar-refractivity contribution is 5.76. The van der Waals surface area contributed by atoms with Gasteiger partial charge in [-0.05, 0) is 57.8 Å². The third-order valence-electron chi connectivity index (χ3n) is 16.2. The number of nitrogens with one attached hydrogen (secondary N) is 1. The van der Waals surface area contributed by atoms with Crippen LogP contribution in [0.25, 0.3) is 0 Å². The van der Waals surface area contributed by atoms with E-state index in [9.17, 15) is 19.8 Å². The van der Waals surface area contributed by atoms with Crippen molar-refractivity contribution in [2.75, 3.05) is 13.2 Å². The highest BCUT2D eigenvalue weighted by Crippen LogP contribution is 2.18. The molecule has 0 heterocycles. The molecule has 0 aliphatic carbocycles. The minimum atomic E-state index is -0.854. The van der Waals surface area contributed by atoms with E-state index in [-0.39, 0.29) is 18.5 Å². The molecule has 0 aromatic rings. The summed E-state index contributed by atoms with van der Waals surface area (Å²) in [6.07, 6.45) is 82.4. The molecule has 0 saturated carbocycles. The first kappa shape index (κ1) is 74.3. The molecule has 2 unspecified atom stereocenters. The van der Waals surface area contributed by atoms with Crippen molar-refractivity contribution in [1.82, 2.24) is 5.32 Å². The summed E-state index contributed by atoms with van der Waals surface area (Å²) in [7, 11) is 0. The van der Waals surface area contributed by atoms with Crippen molar-refractivity contribution in [3.05, 3.63) is 24.3 Å². The fourth-order valence-corrected chi connectivity index (χ4v) is 10.9. The number of carbonyl (C=O) groups excluding carboxylic acids is 2. The molecule has 0 aromatic heterocycles. The van der Waals surface area contributed by atoms with Crippen LogP contribution >= 0.6 is 0 Å². The zero-order chi connectivity index (χ0) is 55.0. The number of aliphatic hydroxyl groups excluding tert-OH is 2. The van der Waals surface area contributed by atoms with Crippen LogP contribution in [0.2, 0.25) is 0 Å². The molecule has 3 N–H and O–H groups in total. The van der Waals surface area contributed by atoms with E-state index in [1.54, 1.807) is 6.08 Å². The minimum absolute atomic E-state index is 0.00303. The van der Waals surface area contributed by atoms with Crippen LogP contribution < -0.4 is 5.32 Å². The standard InChI is InChI=1S/C70H135NO5/c1-3-5-7-9-11-13-15-17-19-21-23-24-25-26-28-30-34-38-42-46-50-54-58-62-68(73)67(66-72)71-69(74)63-59-55-51-47-43-39-35-31-29-33-37-41-45-49-53-57-61-65-76-70(75)64-60-56-52-48-44-40-36-32-27-22-20-18-16-14-12-10-8-6-4-2/h29,33,58,62,67-68,72-73H,3-28,30-32,34-57,59-61,63-66H2,1-2H3,(H,71,74)/b33-29-,62-58+. The van der Waals surface area contributed by atoms with Crippen LogP contribution in [0.1, 0.15) is 386 Å². The molecular weight excluding hydrogens is 935 g/mol. The third kappa shape index (κ3) is 61.6. The van der Waals surface area contributed by atoms with Gasteiger partial charge in [0.2, 0.25) is 5.91 Å². The molecule has 0 saturated heterocycles. The van der Waals surface area contributed by atoms with Gasteiger partial charge >= 0.3 is 5.97 Å². The summed E-state index contributed by atoms with van der Waals surface area (Å²) in [5.74, 6) is -0.0728. The van der Waals surface area contributed by atoms with Gasteiger partial charge in [-0.2, -0.15) is 0 Å². The molecule has 0 spiro atoms. The van der Waals surface area contributed by atoms with Crippen molar-refractivity contribution in [1.29, 1.82) is 0 Å². The quantitative estimate of drug-likeness (QED) is 0.0320. The lowest BCUT2D eigenvalue weighted by atomic mass is 10.0. The number of carbonyl (C=O) groups is 2. The maximum atomic E-state index is 12.5. The third-order valence-corrected chi connectivity index (χ3v) is 16.2. The fraction of sp³-hybridized carbons (Fsp3) is 0.914. The van der Waals surface area contributed by atoms with Crippen molar-refractivity contribution in [3.8, 4) is 0 Å². The lowest BCUT2D eigenvalue weighted by Gasteiger charge is -2.20. The second-order valence-electron chi connectivity index (χ2n) is 23.9. The summed E-state index contributed by atoms with van der Waals surface area (Å²) in [4.78, 5) is 24.6. The first-order valence-corrected chi connectivity index (χ1v) is 34.6. The van der Waals surface area contributed by atoms with E-state index >= 15 is 0 Å².